The molecule has 0 saturated heterocycles. The van der Waals surface area contributed by atoms with Crippen LogP contribution in [0.1, 0.15) is 30.6 Å². The first-order valence-electron chi connectivity index (χ1n) is 6.11. The van der Waals surface area contributed by atoms with E-state index in [1.807, 2.05) is 0 Å². The molecule has 1 N–H and O–H groups in total. The van der Waals surface area contributed by atoms with Crippen molar-refractivity contribution in [3.05, 3.63) is 35.3 Å². The third-order valence-corrected chi connectivity index (χ3v) is 2.42. The number of esters is 1. The Hall–Kier alpha value is -2.11. The highest BCUT2D eigenvalue weighted by Crippen LogP contribution is 1.99. The first kappa shape index (κ1) is 14.9. The Morgan fingerprint density at radius 1 is 1.37 bits per heavy atom. The molecular formula is C13H18N2O4. The smallest absolute Gasteiger partial charge is 0.339 e. The van der Waals surface area contributed by atoms with Crippen molar-refractivity contribution in [3.8, 4) is 0 Å². The van der Waals surface area contributed by atoms with Crippen LogP contribution in [-0.2, 0) is 9.53 Å². The van der Waals surface area contributed by atoms with Crippen LogP contribution in [0.2, 0.25) is 0 Å². The average Bonchev–Trinajstić information content (AvgIpc) is 2.36. The quantitative estimate of drug-likeness (QED) is 0.465. The van der Waals surface area contributed by atoms with E-state index in [1.54, 1.807) is 0 Å². The fraction of sp³-hybridized carbons (Fsp3) is 0.462. The van der Waals surface area contributed by atoms with E-state index in [0.29, 0.717) is 17.2 Å². The monoisotopic (exact) mass is 266 g/mol. The molecule has 0 aliphatic heterocycles. The summed E-state index contributed by atoms with van der Waals surface area (Å²) in [7, 11) is 0. The van der Waals surface area contributed by atoms with E-state index in [2.05, 4.69) is 19.2 Å². The zero-order valence-electron chi connectivity index (χ0n) is 11.1. The SMILES string of the molecule is CC(C)CCNC(=O)COC(=O)c1cc[n+]([O-])cc1. The Labute approximate surface area is 112 Å². The maximum absolute atomic E-state index is 11.5. The molecule has 0 saturated carbocycles. The molecule has 6 nitrogen and oxygen atoms in total. The zero-order chi connectivity index (χ0) is 14.3. The Bertz CT molecular complexity index is 429. The van der Waals surface area contributed by atoms with Crippen molar-refractivity contribution in [3.63, 3.8) is 0 Å². The van der Waals surface area contributed by atoms with Gasteiger partial charge in [0.2, 0.25) is 0 Å². The number of nitrogens with zero attached hydrogens (tertiary/aromatic N) is 1. The summed E-state index contributed by atoms with van der Waals surface area (Å²) in [6, 6.07) is 2.68. The van der Waals surface area contributed by atoms with Crippen LogP contribution in [0.15, 0.2) is 24.5 Å². The van der Waals surface area contributed by atoms with Gasteiger partial charge < -0.3 is 15.3 Å². The molecule has 1 heterocycles. The van der Waals surface area contributed by atoms with Gasteiger partial charge in [0.15, 0.2) is 19.0 Å². The lowest BCUT2D eigenvalue weighted by molar-refractivity contribution is -0.605. The van der Waals surface area contributed by atoms with Gasteiger partial charge in [-0.25, -0.2) is 4.79 Å². The van der Waals surface area contributed by atoms with E-state index in [4.69, 9.17) is 4.74 Å². The minimum atomic E-state index is -0.625. The summed E-state index contributed by atoms with van der Waals surface area (Å²) in [5, 5.41) is 13.4. The second-order valence-corrected chi connectivity index (χ2v) is 4.56. The molecule has 1 aromatic rings. The molecule has 0 aliphatic carbocycles. The van der Waals surface area contributed by atoms with Crippen molar-refractivity contribution < 1.29 is 19.1 Å². The molecular weight excluding hydrogens is 248 g/mol. The van der Waals surface area contributed by atoms with E-state index in [9.17, 15) is 14.8 Å². The Morgan fingerprint density at radius 3 is 2.58 bits per heavy atom. The Kier molecular flexibility index (Phi) is 5.78. The fourth-order valence-corrected chi connectivity index (χ4v) is 1.31. The van der Waals surface area contributed by atoms with Crippen molar-refractivity contribution in [2.75, 3.05) is 13.2 Å². The second-order valence-electron chi connectivity index (χ2n) is 4.56. The number of nitrogens with one attached hydrogen (secondary N) is 1. The molecule has 19 heavy (non-hydrogen) atoms. The van der Waals surface area contributed by atoms with Crippen LogP contribution in [0.25, 0.3) is 0 Å². The van der Waals surface area contributed by atoms with Gasteiger partial charge in [0.05, 0.1) is 5.56 Å². The number of hydrogen-bond donors (Lipinski definition) is 1. The van der Waals surface area contributed by atoms with Crippen molar-refractivity contribution >= 4 is 11.9 Å². The fourth-order valence-electron chi connectivity index (χ4n) is 1.31. The lowest BCUT2D eigenvalue weighted by atomic mass is 10.1. The van der Waals surface area contributed by atoms with Crippen molar-refractivity contribution in [2.45, 2.75) is 20.3 Å². The van der Waals surface area contributed by atoms with Crippen LogP contribution in [-0.4, -0.2) is 25.0 Å². The van der Waals surface area contributed by atoms with Crippen molar-refractivity contribution in [1.82, 2.24) is 5.32 Å². The number of carbonyl (C=O) groups excluding carboxylic acids is 2. The van der Waals surface area contributed by atoms with Gasteiger partial charge >= 0.3 is 5.97 Å². The van der Waals surface area contributed by atoms with Crippen LogP contribution in [0.5, 0.6) is 0 Å². The summed E-state index contributed by atoms with van der Waals surface area (Å²) in [5.41, 5.74) is 0.238. The van der Waals surface area contributed by atoms with Crippen LogP contribution >= 0.6 is 0 Å². The number of aromatic nitrogens is 1. The summed E-state index contributed by atoms with van der Waals surface area (Å²) < 4.78 is 5.39. The topological polar surface area (TPSA) is 82.3 Å². The molecule has 0 aliphatic rings. The molecule has 0 unspecified atom stereocenters. The summed E-state index contributed by atoms with van der Waals surface area (Å²) in [6.07, 6.45) is 3.26. The Morgan fingerprint density at radius 2 is 2.00 bits per heavy atom. The highest BCUT2D eigenvalue weighted by Gasteiger charge is 2.10. The molecule has 1 amide bonds. The number of amides is 1. The summed E-state index contributed by atoms with van der Waals surface area (Å²) >= 11 is 0. The van der Waals surface area contributed by atoms with Crippen LogP contribution in [0.3, 0.4) is 0 Å². The minimum Gasteiger partial charge on any atom is -0.619 e. The normalized spacial score (nSPS) is 10.3. The van der Waals surface area contributed by atoms with E-state index >= 15 is 0 Å². The van der Waals surface area contributed by atoms with Crippen molar-refractivity contribution in [1.29, 1.82) is 0 Å². The van der Waals surface area contributed by atoms with Gasteiger partial charge in [-0.15, -0.1) is 0 Å². The number of pyridine rings is 1. The predicted molar refractivity (Wildman–Crippen MR) is 68.1 cm³/mol. The maximum atomic E-state index is 11.5. The minimum absolute atomic E-state index is 0.238. The molecule has 104 valence electrons. The number of hydrogen-bond acceptors (Lipinski definition) is 4. The standard InChI is InChI=1S/C13H18N2O4/c1-10(2)3-6-14-12(16)9-19-13(17)11-4-7-15(18)8-5-11/h4-5,7-8,10H,3,6,9H2,1-2H3,(H,14,16). The molecule has 0 bridgehead atoms. The number of carbonyl (C=O) groups is 2. The third-order valence-electron chi connectivity index (χ3n) is 2.42. The average molecular weight is 266 g/mol. The predicted octanol–water partition coefficient (Wildman–Crippen LogP) is 0.639. The summed E-state index contributed by atoms with van der Waals surface area (Å²) in [5.74, 6) is -0.450. The lowest BCUT2D eigenvalue weighted by Gasteiger charge is -2.07. The van der Waals surface area contributed by atoms with E-state index in [1.165, 1.54) is 24.5 Å². The molecule has 0 radical (unpaired) electrons. The van der Waals surface area contributed by atoms with Gasteiger partial charge in [-0.1, -0.05) is 13.8 Å². The lowest BCUT2D eigenvalue weighted by Crippen LogP contribution is -2.30. The number of ether oxygens (including phenoxy) is 1. The van der Waals surface area contributed by atoms with Crippen molar-refractivity contribution in [2.24, 2.45) is 5.92 Å². The van der Waals surface area contributed by atoms with Crippen LogP contribution < -0.4 is 10.0 Å². The van der Waals surface area contributed by atoms with Crippen LogP contribution in [0, 0.1) is 11.1 Å². The van der Waals surface area contributed by atoms with E-state index < -0.39 is 5.97 Å². The van der Waals surface area contributed by atoms with E-state index in [0.717, 1.165) is 6.42 Å². The van der Waals surface area contributed by atoms with Gasteiger partial charge in [0, 0.05) is 18.7 Å². The number of rotatable bonds is 6. The summed E-state index contributed by atoms with van der Waals surface area (Å²) in [6.45, 7) is 4.37. The second kappa shape index (κ2) is 7.35. The summed E-state index contributed by atoms with van der Waals surface area (Å²) in [4.78, 5) is 22.9. The van der Waals surface area contributed by atoms with E-state index in [-0.39, 0.29) is 18.1 Å². The van der Waals surface area contributed by atoms with Crippen LogP contribution in [0.4, 0.5) is 0 Å². The maximum Gasteiger partial charge on any atom is 0.339 e. The third kappa shape index (κ3) is 5.85. The molecule has 0 atom stereocenters. The molecule has 1 rings (SSSR count). The molecule has 0 spiro atoms. The van der Waals surface area contributed by atoms with Gasteiger partial charge in [0.1, 0.15) is 0 Å². The zero-order valence-corrected chi connectivity index (χ0v) is 11.1. The molecule has 1 aromatic heterocycles. The Balaban J connectivity index is 2.30. The largest absolute Gasteiger partial charge is 0.619 e. The van der Waals surface area contributed by atoms with Gasteiger partial charge in [-0.05, 0) is 12.3 Å². The highest BCUT2D eigenvalue weighted by atomic mass is 16.5. The molecule has 0 fully saturated rings. The molecule has 0 aromatic carbocycles. The molecule has 6 heteroatoms. The van der Waals surface area contributed by atoms with Gasteiger partial charge in [-0.2, -0.15) is 4.73 Å². The highest BCUT2D eigenvalue weighted by molar-refractivity contribution is 5.91. The first-order chi connectivity index (χ1) is 8.99. The van der Waals surface area contributed by atoms with Gasteiger partial charge in [0.25, 0.3) is 5.91 Å². The first-order valence-corrected chi connectivity index (χ1v) is 6.11. The van der Waals surface area contributed by atoms with Gasteiger partial charge in [-0.3, -0.25) is 4.79 Å².